The summed E-state index contributed by atoms with van der Waals surface area (Å²) in [5, 5.41) is 13.2. The molecule has 2 atom stereocenters. The van der Waals surface area contributed by atoms with Gasteiger partial charge in [-0.05, 0) is 12.3 Å². The van der Waals surface area contributed by atoms with Crippen LogP contribution < -0.4 is 5.11 Å². The van der Waals surface area contributed by atoms with Crippen molar-refractivity contribution in [1.82, 2.24) is 0 Å². The fraction of sp³-hybridized carbons (Fsp3) is 0.571. The molecule has 2 unspecified atom stereocenters. The van der Waals surface area contributed by atoms with Crippen molar-refractivity contribution >= 4 is 21.7 Å². The number of aromatic carboxylic acids is 1. The van der Waals surface area contributed by atoms with Crippen molar-refractivity contribution in [2.45, 2.75) is 39.5 Å². The third-order valence-corrected chi connectivity index (χ3v) is 4.50. The van der Waals surface area contributed by atoms with E-state index in [2.05, 4.69) is 13.8 Å². The predicted octanol–water partition coefficient (Wildman–Crippen LogP) is 3.00. The van der Waals surface area contributed by atoms with Crippen LogP contribution in [0.2, 0.25) is 0 Å². The Balaban J connectivity index is 2.47. The molecule has 5 heteroatoms. The summed E-state index contributed by atoms with van der Waals surface area (Å²) in [5.41, 5.74) is 0.0540. The number of rotatable bonds is 8. The van der Waals surface area contributed by atoms with Gasteiger partial charge in [-0.25, -0.2) is 0 Å². The van der Waals surface area contributed by atoms with Crippen LogP contribution in [0.4, 0.5) is 4.79 Å². The maximum absolute atomic E-state index is 11.8. The highest BCUT2D eigenvalue weighted by molar-refractivity contribution is 7.48. The van der Waals surface area contributed by atoms with E-state index in [0.29, 0.717) is 12.5 Å². The summed E-state index contributed by atoms with van der Waals surface area (Å²) < 4.78 is 5.27. The molecular formula is C14H20O4S. The van der Waals surface area contributed by atoms with Gasteiger partial charge in [-0.3, -0.25) is 0 Å². The Morgan fingerprint density at radius 1 is 1.42 bits per heavy atom. The van der Waals surface area contributed by atoms with E-state index in [1.54, 1.807) is 5.38 Å². The van der Waals surface area contributed by atoms with Crippen LogP contribution in [0.15, 0.2) is 16.8 Å². The fourth-order valence-corrected chi connectivity index (χ4v) is 2.97. The molecule has 0 bridgehead atoms. The molecule has 0 aromatic carbocycles. The van der Waals surface area contributed by atoms with Crippen molar-refractivity contribution in [1.29, 1.82) is 0 Å². The Labute approximate surface area is 116 Å². The van der Waals surface area contributed by atoms with Gasteiger partial charge in [0.2, 0.25) is 0 Å². The smallest absolute Gasteiger partial charge is 0.545 e. The lowest BCUT2D eigenvalue weighted by atomic mass is 10.0. The third kappa shape index (κ3) is 5.03. The summed E-state index contributed by atoms with van der Waals surface area (Å²) in [4.78, 5) is 22.4. The van der Waals surface area contributed by atoms with Gasteiger partial charge < -0.3 is 14.6 Å². The number of carboxylic acids is 1. The van der Waals surface area contributed by atoms with Gasteiger partial charge >= 0.3 is 5.30 Å². The fourth-order valence-electron chi connectivity index (χ4n) is 1.73. The second kappa shape index (κ2) is 7.94. The van der Waals surface area contributed by atoms with Crippen molar-refractivity contribution in [2.24, 2.45) is 5.92 Å². The molecule has 4 nitrogen and oxygen atoms in total. The number of carbonyl (C=O) groups is 2. The van der Waals surface area contributed by atoms with Crippen LogP contribution in [0.25, 0.3) is 0 Å². The lowest BCUT2D eigenvalue weighted by Gasteiger charge is -2.12. The molecule has 1 aromatic rings. The zero-order valence-corrected chi connectivity index (χ0v) is 12.2. The largest absolute Gasteiger partial charge is 0.554 e. The Morgan fingerprint density at radius 2 is 2.16 bits per heavy atom. The van der Waals surface area contributed by atoms with Crippen molar-refractivity contribution in [3.63, 3.8) is 0 Å². The number of carbonyl (C=O) groups excluding carboxylic acids is 2. The van der Waals surface area contributed by atoms with Gasteiger partial charge in [0.15, 0.2) is 10.8 Å². The van der Waals surface area contributed by atoms with E-state index in [1.165, 1.54) is 11.4 Å². The van der Waals surface area contributed by atoms with Crippen LogP contribution in [0.5, 0.6) is 0 Å². The summed E-state index contributed by atoms with van der Waals surface area (Å²) >= 11 is 0. The molecule has 0 amide bonds. The van der Waals surface area contributed by atoms with Crippen LogP contribution >= 0.6 is 10.5 Å². The molecular weight excluding hydrogens is 264 g/mol. The summed E-state index contributed by atoms with van der Waals surface area (Å²) in [6.07, 6.45) is 4.31. The Morgan fingerprint density at radius 3 is 2.68 bits per heavy atom. The number of hydrogen-bond donors (Lipinski definition) is 0. The minimum atomic E-state index is -1.26. The van der Waals surface area contributed by atoms with Crippen LogP contribution in [-0.4, -0.2) is 17.9 Å². The molecule has 19 heavy (non-hydrogen) atoms. The van der Waals surface area contributed by atoms with E-state index in [9.17, 15) is 14.7 Å². The Kier molecular flexibility index (Phi) is 6.56. The third-order valence-electron chi connectivity index (χ3n) is 3.06. The van der Waals surface area contributed by atoms with Gasteiger partial charge in [0.05, 0.1) is 28.6 Å². The molecule has 0 N–H and O–H groups in total. The first-order chi connectivity index (χ1) is 9.08. The second-order valence-electron chi connectivity index (χ2n) is 4.51. The van der Waals surface area contributed by atoms with E-state index in [0.717, 1.165) is 25.7 Å². The zero-order chi connectivity index (χ0) is 14.3. The molecule has 1 aromatic heterocycles. The lowest BCUT2D eigenvalue weighted by Crippen LogP contribution is -2.21. The molecule has 1 heterocycles. The quantitative estimate of drug-likeness (QED) is 0.543. The molecule has 0 aliphatic carbocycles. The number of hydrogen-bond acceptors (Lipinski definition) is 4. The predicted molar refractivity (Wildman–Crippen MR) is 73.3 cm³/mol. The van der Waals surface area contributed by atoms with Crippen LogP contribution in [0.3, 0.4) is 0 Å². The van der Waals surface area contributed by atoms with Crippen LogP contribution in [0, 0.1) is 5.92 Å². The molecule has 106 valence electrons. The highest BCUT2D eigenvalue weighted by Crippen LogP contribution is 2.23. The molecule has 1 rings (SSSR count). The molecule has 0 aliphatic heterocycles. The van der Waals surface area contributed by atoms with Gasteiger partial charge in [-0.15, -0.1) is 0 Å². The van der Waals surface area contributed by atoms with E-state index in [4.69, 9.17) is 4.74 Å². The van der Waals surface area contributed by atoms with Crippen molar-refractivity contribution in [2.75, 3.05) is 6.61 Å². The SMILES string of the molecule is CCCCC(CC)COC(=O)[s+]1ccc(C(=O)[O-])c1. The number of ether oxygens (including phenoxy) is 1. The number of unbranched alkanes of at least 4 members (excludes halogenated alkanes) is 1. The van der Waals surface area contributed by atoms with Crippen molar-refractivity contribution in [3.8, 4) is 0 Å². The summed E-state index contributed by atoms with van der Waals surface area (Å²) in [7, 11) is -0.871. The molecule has 0 fully saturated rings. The minimum absolute atomic E-state index is 0.0540. The number of thiophene rings is 1. The van der Waals surface area contributed by atoms with Gasteiger partial charge in [0, 0.05) is 6.07 Å². The van der Waals surface area contributed by atoms with Crippen molar-refractivity contribution in [3.05, 3.63) is 22.4 Å². The van der Waals surface area contributed by atoms with Gasteiger partial charge in [0.25, 0.3) is 0 Å². The molecule has 0 aliphatic rings. The molecule has 0 spiro atoms. The first kappa shape index (κ1) is 15.7. The second-order valence-corrected chi connectivity index (χ2v) is 6.10. The monoisotopic (exact) mass is 284 g/mol. The zero-order valence-electron chi connectivity index (χ0n) is 11.4. The highest BCUT2D eigenvalue weighted by atomic mass is 32.2. The standard InChI is InChI=1S/C14H20O4S/c1-3-5-6-11(4-2)9-18-14(17)19-8-7-12(10-19)13(15)16/h7-8,10-11H,3-6,9H2,1-2H3. The topological polar surface area (TPSA) is 66.4 Å². The number of carboxylic acid groups (broad SMARTS) is 1. The van der Waals surface area contributed by atoms with Gasteiger partial charge in [-0.1, -0.05) is 33.1 Å². The minimum Gasteiger partial charge on any atom is -0.545 e. The average molecular weight is 284 g/mol. The Bertz CT molecular complexity index is 425. The van der Waals surface area contributed by atoms with Gasteiger partial charge in [-0.2, -0.15) is 4.79 Å². The summed E-state index contributed by atoms with van der Waals surface area (Å²) in [6.45, 7) is 4.64. The van der Waals surface area contributed by atoms with Gasteiger partial charge in [0.1, 0.15) is 0 Å². The van der Waals surface area contributed by atoms with E-state index >= 15 is 0 Å². The first-order valence-electron chi connectivity index (χ1n) is 6.58. The first-order valence-corrected chi connectivity index (χ1v) is 7.93. The maximum atomic E-state index is 11.8. The Hall–Kier alpha value is -1.36. The van der Waals surface area contributed by atoms with Crippen LogP contribution in [-0.2, 0) is 4.74 Å². The maximum Gasteiger partial charge on any atom is 0.554 e. The summed E-state index contributed by atoms with van der Waals surface area (Å²) in [6, 6.07) is 1.40. The van der Waals surface area contributed by atoms with E-state index in [1.807, 2.05) is 0 Å². The highest BCUT2D eigenvalue weighted by Gasteiger charge is 2.21. The summed E-state index contributed by atoms with van der Waals surface area (Å²) in [5.74, 6) is -0.864. The molecule has 0 saturated heterocycles. The van der Waals surface area contributed by atoms with E-state index < -0.39 is 16.4 Å². The average Bonchev–Trinajstić information content (AvgIpc) is 2.88. The molecule has 0 radical (unpaired) electrons. The van der Waals surface area contributed by atoms with Crippen molar-refractivity contribution < 1.29 is 19.4 Å². The van der Waals surface area contributed by atoms with E-state index in [-0.39, 0.29) is 10.9 Å². The van der Waals surface area contributed by atoms with Crippen LogP contribution in [0.1, 0.15) is 49.9 Å². The normalized spacial score (nSPS) is 13.1. The molecule has 0 saturated carbocycles. The lowest BCUT2D eigenvalue weighted by molar-refractivity contribution is -0.255.